The van der Waals surface area contributed by atoms with Crippen LogP contribution in [0.2, 0.25) is 0 Å². The van der Waals surface area contributed by atoms with E-state index in [1.165, 1.54) is 6.07 Å². The second-order valence-electron chi connectivity index (χ2n) is 5.27. The lowest BCUT2D eigenvalue weighted by Crippen LogP contribution is -2.52. The number of likely N-dealkylation sites (tertiary alicyclic amines) is 1. The molecule has 0 aliphatic carbocycles. The Morgan fingerprint density at radius 3 is 2.68 bits per heavy atom. The molecule has 19 heavy (non-hydrogen) atoms. The molecule has 102 valence electrons. The van der Waals surface area contributed by atoms with Gasteiger partial charge in [0.1, 0.15) is 11.4 Å². The summed E-state index contributed by atoms with van der Waals surface area (Å²) >= 11 is 0. The van der Waals surface area contributed by atoms with Crippen LogP contribution in [0.3, 0.4) is 0 Å². The van der Waals surface area contributed by atoms with E-state index in [0.717, 1.165) is 25.9 Å². The Bertz CT molecular complexity index is 459. The molecule has 1 N–H and O–H groups in total. The fourth-order valence-electron chi connectivity index (χ4n) is 2.47. The van der Waals surface area contributed by atoms with Crippen LogP contribution >= 0.6 is 0 Å². The number of rotatable bonds is 4. The molecule has 4 heteroatoms. The van der Waals surface area contributed by atoms with Gasteiger partial charge in [0, 0.05) is 19.6 Å². The van der Waals surface area contributed by atoms with Crippen LogP contribution in [0.25, 0.3) is 0 Å². The summed E-state index contributed by atoms with van der Waals surface area (Å²) < 4.78 is 13.5. The summed E-state index contributed by atoms with van der Waals surface area (Å²) in [7, 11) is 2.07. The molecule has 1 fully saturated rings. The molecule has 0 aromatic heterocycles. The van der Waals surface area contributed by atoms with Crippen molar-refractivity contribution >= 4 is 0 Å². The minimum atomic E-state index is -0.433. The van der Waals surface area contributed by atoms with E-state index in [-0.39, 0.29) is 5.82 Å². The van der Waals surface area contributed by atoms with E-state index < -0.39 is 5.54 Å². The molecule has 2 rings (SSSR count). The first-order valence-corrected chi connectivity index (χ1v) is 6.73. The van der Waals surface area contributed by atoms with Gasteiger partial charge >= 0.3 is 0 Å². The van der Waals surface area contributed by atoms with Crippen LogP contribution in [0.1, 0.15) is 18.4 Å². The summed E-state index contributed by atoms with van der Waals surface area (Å²) in [6.07, 6.45) is 2.28. The van der Waals surface area contributed by atoms with Crippen molar-refractivity contribution in [3.63, 3.8) is 0 Å². The maximum Gasteiger partial charge on any atom is 0.126 e. The average Bonchev–Trinajstić information content (AvgIpc) is 2.44. The van der Waals surface area contributed by atoms with Crippen LogP contribution in [0.15, 0.2) is 24.3 Å². The molecule has 0 bridgehead atoms. The van der Waals surface area contributed by atoms with Crippen LogP contribution in [-0.4, -0.2) is 37.1 Å². The average molecular weight is 261 g/mol. The van der Waals surface area contributed by atoms with Crippen molar-refractivity contribution < 1.29 is 4.39 Å². The Kier molecular flexibility index (Phi) is 4.52. The molecule has 0 amide bonds. The molecule has 0 unspecified atom stereocenters. The third kappa shape index (κ3) is 3.52. The van der Waals surface area contributed by atoms with Crippen molar-refractivity contribution in [2.24, 2.45) is 0 Å². The van der Waals surface area contributed by atoms with Gasteiger partial charge in [-0.15, -0.1) is 0 Å². The highest BCUT2D eigenvalue weighted by molar-refractivity contribution is 5.18. The van der Waals surface area contributed by atoms with Crippen molar-refractivity contribution in [2.75, 3.05) is 26.7 Å². The Hall–Kier alpha value is -1.44. The molecule has 0 radical (unpaired) electrons. The van der Waals surface area contributed by atoms with Crippen molar-refractivity contribution in [1.29, 1.82) is 5.26 Å². The van der Waals surface area contributed by atoms with Gasteiger partial charge in [-0.25, -0.2) is 4.39 Å². The zero-order valence-electron chi connectivity index (χ0n) is 11.3. The molecule has 1 saturated heterocycles. The Morgan fingerprint density at radius 1 is 1.37 bits per heavy atom. The summed E-state index contributed by atoms with van der Waals surface area (Å²) in [6.45, 7) is 2.50. The lowest BCUT2D eigenvalue weighted by atomic mass is 9.89. The summed E-state index contributed by atoms with van der Waals surface area (Å²) in [5.41, 5.74) is 0.272. The summed E-state index contributed by atoms with van der Waals surface area (Å²) in [5.74, 6) is -0.168. The normalized spacial score (nSPS) is 19.0. The fraction of sp³-hybridized carbons (Fsp3) is 0.533. The molecule has 1 heterocycles. The lowest BCUT2D eigenvalue weighted by molar-refractivity contribution is 0.196. The lowest BCUT2D eigenvalue weighted by Gasteiger charge is -2.36. The molecule has 0 spiro atoms. The minimum Gasteiger partial charge on any atom is -0.306 e. The van der Waals surface area contributed by atoms with Crippen LogP contribution in [-0.2, 0) is 6.42 Å². The van der Waals surface area contributed by atoms with Gasteiger partial charge in [0.05, 0.1) is 6.07 Å². The third-order valence-corrected chi connectivity index (χ3v) is 3.87. The number of piperidine rings is 1. The molecule has 1 aliphatic rings. The monoisotopic (exact) mass is 261 g/mol. The van der Waals surface area contributed by atoms with Gasteiger partial charge in [-0.05, 0) is 37.9 Å². The topological polar surface area (TPSA) is 39.1 Å². The maximum absolute atomic E-state index is 13.5. The second kappa shape index (κ2) is 6.14. The van der Waals surface area contributed by atoms with E-state index in [1.54, 1.807) is 12.1 Å². The zero-order valence-corrected chi connectivity index (χ0v) is 11.3. The van der Waals surface area contributed by atoms with Gasteiger partial charge in [0.25, 0.3) is 0 Å². The van der Waals surface area contributed by atoms with E-state index in [4.69, 9.17) is 0 Å². The molecular formula is C15H20FN3. The smallest absolute Gasteiger partial charge is 0.126 e. The first-order valence-electron chi connectivity index (χ1n) is 6.73. The van der Waals surface area contributed by atoms with Crippen LogP contribution in [0.4, 0.5) is 4.39 Å². The van der Waals surface area contributed by atoms with Crippen LogP contribution in [0.5, 0.6) is 0 Å². The number of hydrogen-bond acceptors (Lipinski definition) is 3. The number of nitrogens with zero attached hydrogens (tertiary/aromatic N) is 2. The fourth-order valence-corrected chi connectivity index (χ4v) is 2.47. The largest absolute Gasteiger partial charge is 0.306 e. The summed E-state index contributed by atoms with van der Waals surface area (Å²) in [6, 6.07) is 9.22. The van der Waals surface area contributed by atoms with Gasteiger partial charge in [0.15, 0.2) is 0 Å². The van der Waals surface area contributed by atoms with Crippen molar-refractivity contribution in [3.8, 4) is 6.07 Å². The van der Waals surface area contributed by atoms with E-state index in [9.17, 15) is 9.65 Å². The Balaban J connectivity index is 1.88. The molecule has 0 atom stereocenters. The Labute approximate surface area is 114 Å². The van der Waals surface area contributed by atoms with E-state index in [1.807, 2.05) is 6.07 Å². The molecule has 0 saturated carbocycles. The van der Waals surface area contributed by atoms with Crippen molar-refractivity contribution in [1.82, 2.24) is 10.2 Å². The molecule has 1 aromatic rings. The number of halogens is 1. The summed E-state index contributed by atoms with van der Waals surface area (Å²) in [5, 5.41) is 12.7. The second-order valence-corrected chi connectivity index (χ2v) is 5.27. The van der Waals surface area contributed by atoms with Gasteiger partial charge in [-0.2, -0.15) is 5.26 Å². The minimum absolute atomic E-state index is 0.168. The highest BCUT2D eigenvalue weighted by Crippen LogP contribution is 2.20. The number of nitrogens with one attached hydrogen (secondary N) is 1. The maximum atomic E-state index is 13.5. The van der Waals surface area contributed by atoms with Crippen LogP contribution in [0, 0.1) is 17.1 Å². The molecular weight excluding hydrogens is 241 g/mol. The first-order chi connectivity index (χ1) is 9.15. The van der Waals surface area contributed by atoms with Gasteiger partial charge < -0.3 is 4.90 Å². The zero-order chi connectivity index (χ0) is 13.7. The first kappa shape index (κ1) is 14.0. The highest BCUT2D eigenvalue weighted by Gasteiger charge is 2.32. The molecule has 1 aromatic carbocycles. The van der Waals surface area contributed by atoms with Crippen LogP contribution < -0.4 is 5.32 Å². The van der Waals surface area contributed by atoms with Crippen molar-refractivity contribution in [3.05, 3.63) is 35.6 Å². The third-order valence-electron chi connectivity index (χ3n) is 3.87. The van der Waals surface area contributed by atoms with Gasteiger partial charge in [-0.1, -0.05) is 18.2 Å². The van der Waals surface area contributed by atoms with E-state index >= 15 is 0 Å². The summed E-state index contributed by atoms with van der Waals surface area (Å²) in [4.78, 5) is 2.23. The quantitative estimate of drug-likeness (QED) is 0.900. The van der Waals surface area contributed by atoms with Gasteiger partial charge in [0.2, 0.25) is 0 Å². The number of benzene rings is 1. The predicted molar refractivity (Wildman–Crippen MR) is 73.2 cm³/mol. The highest BCUT2D eigenvalue weighted by atomic mass is 19.1. The molecule has 1 aliphatic heterocycles. The number of hydrogen-bond donors (Lipinski definition) is 1. The standard InChI is InChI=1S/C15H20FN3/c1-19-10-7-15(12-17,8-11-19)18-9-6-13-4-2-3-5-14(13)16/h2-5,18H,6-11H2,1H3. The number of nitriles is 1. The van der Waals surface area contributed by atoms with E-state index in [0.29, 0.717) is 18.5 Å². The predicted octanol–water partition coefficient (Wildman–Crippen LogP) is 1.95. The molecule has 3 nitrogen and oxygen atoms in total. The van der Waals surface area contributed by atoms with Crippen molar-refractivity contribution in [2.45, 2.75) is 24.8 Å². The SMILES string of the molecule is CN1CCC(C#N)(NCCc2ccccc2F)CC1. The van der Waals surface area contributed by atoms with Gasteiger partial charge in [-0.3, -0.25) is 5.32 Å². The Morgan fingerprint density at radius 2 is 2.05 bits per heavy atom. The van der Waals surface area contributed by atoms with E-state index in [2.05, 4.69) is 23.3 Å².